The number of phenols is 1. The van der Waals surface area contributed by atoms with E-state index >= 15 is 0 Å². The standard InChI is InChI=1S/C18H30N2O/c1-3-12-20-13-4-5-17(14-20)15(2)19-11-10-16-6-8-18(21)9-7-16/h6-9,15,17,19,21H,3-5,10-14H2,1-2H3. The van der Waals surface area contributed by atoms with Crippen LogP contribution in [0.15, 0.2) is 24.3 Å². The van der Waals surface area contributed by atoms with Crippen LogP contribution in [0.1, 0.15) is 38.7 Å². The largest absolute Gasteiger partial charge is 0.508 e. The van der Waals surface area contributed by atoms with E-state index in [1.807, 2.05) is 12.1 Å². The van der Waals surface area contributed by atoms with E-state index in [9.17, 15) is 5.11 Å². The summed E-state index contributed by atoms with van der Waals surface area (Å²) in [5, 5.41) is 13.0. The first-order valence-electron chi connectivity index (χ1n) is 8.42. The fourth-order valence-corrected chi connectivity index (χ4v) is 3.29. The van der Waals surface area contributed by atoms with Gasteiger partial charge in [-0.3, -0.25) is 0 Å². The fourth-order valence-electron chi connectivity index (χ4n) is 3.29. The molecule has 0 aliphatic carbocycles. The van der Waals surface area contributed by atoms with Gasteiger partial charge >= 0.3 is 0 Å². The van der Waals surface area contributed by atoms with Gasteiger partial charge in [-0.05, 0) is 75.9 Å². The van der Waals surface area contributed by atoms with Crippen LogP contribution in [-0.2, 0) is 6.42 Å². The number of benzene rings is 1. The molecule has 1 saturated heterocycles. The number of aromatic hydroxyl groups is 1. The van der Waals surface area contributed by atoms with E-state index in [1.165, 1.54) is 44.5 Å². The molecule has 3 heteroatoms. The molecule has 1 aromatic rings. The summed E-state index contributed by atoms with van der Waals surface area (Å²) < 4.78 is 0. The second-order valence-electron chi connectivity index (χ2n) is 6.36. The number of hydrogen-bond donors (Lipinski definition) is 2. The van der Waals surface area contributed by atoms with Gasteiger partial charge in [0.25, 0.3) is 0 Å². The highest BCUT2D eigenvalue weighted by Gasteiger charge is 2.23. The Labute approximate surface area is 129 Å². The SMILES string of the molecule is CCCN1CCCC(C(C)NCCc2ccc(O)cc2)C1. The normalized spacial score (nSPS) is 21.3. The molecule has 1 aliphatic heterocycles. The first kappa shape index (κ1) is 16.3. The van der Waals surface area contributed by atoms with Crippen molar-refractivity contribution in [3.8, 4) is 5.75 Å². The molecular weight excluding hydrogens is 260 g/mol. The number of rotatable bonds is 7. The minimum atomic E-state index is 0.346. The van der Waals surface area contributed by atoms with Crippen LogP contribution in [0.3, 0.4) is 0 Å². The Morgan fingerprint density at radius 2 is 2.10 bits per heavy atom. The van der Waals surface area contributed by atoms with Crippen LogP contribution in [0.2, 0.25) is 0 Å². The van der Waals surface area contributed by atoms with Gasteiger partial charge in [0, 0.05) is 12.6 Å². The first-order valence-corrected chi connectivity index (χ1v) is 8.42. The highest BCUT2D eigenvalue weighted by molar-refractivity contribution is 5.25. The van der Waals surface area contributed by atoms with Gasteiger partial charge in [-0.25, -0.2) is 0 Å². The van der Waals surface area contributed by atoms with Gasteiger partial charge in [-0.1, -0.05) is 19.1 Å². The molecule has 1 heterocycles. The second-order valence-corrected chi connectivity index (χ2v) is 6.36. The molecule has 0 radical (unpaired) electrons. The number of nitrogens with one attached hydrogen (secondary N) is 1. The molecule has 21 heavy (non-hydrogen) atoms. The quantitative estimate of drug-likeness (QED) is 0.810. The number of nitrogens with zero attached hydrogens (tertiary/aromatic N) is 1. The molecular formula is C18H30N2O. The third kappa shape index (κ3) is 5.33. The molecule has 3 nitrogen and oxygen atoms in total. The minimum absolute atomic E-state index is 0.346. The van der Waals surface area contributed by atoms with Gasteiger partial charge in [-0.2, -0.15) is 0 Å². The van der Waals surface area contributed by atoms with Gasteiger partial charge in [0.2, 0.25) is 0 Å². The fraction of sp³-hybridized carbons (Fsp3) is 0.667. The van der Waals surface area contributed by atoms with Crippen molar-refractivity contribution in [3.05, 3.63) is 29.8 Å². The van der Waals surface area contributed by atoms with E-state index < -0.39 is 0 Å². The zero-order chi connectivity index (χ0) is 15.1. The molecule has 0 spiro atoms. The third-order valence-corrected chi connectivity index (χ3v) is 4.61. The number of piperidine rings is 1. The monoisotopic (exact) mass is 290 g/mol. The molecule has 0 amide bonds. The summed E-state index contributed by atoms with van der Waals surface area (Å²) in [6.45, 7) is 9.39. The van der Waals surface area contributed by atoms with Crippen LogP contribution in [0.4, 0.5) is 0 Å². The molecule has 0 bridgehead atoms. The summed E-state index contributed by atoms with van der Waals surface area (Å²) >= 11 is 0. The summed E-state index contributed by atoms with van der Waals surface area (Å²) in [5.41, 5.74) is 1.28. The molecule has 1 fully saturated rings. The van der Waals surface area contributed by atoms with E-state index in [0.717, 1.165) is 18.9 Å². The maximum atomic E-state index is 9.29. The first-order chi connectivity index (χ1) is 10.2. The van der Waals surface area contributed by atoms with Crippen molar-refractivity contribution in [2.75, 3.05) is 26.2 Å². The Morgan fingerprint density at radius 1 is 1.33 bits per heavy atom. The summed E-state index contributed by atoms with van der Waals surface area (Å²) in [5.74, 6) is 1.13. The Hall–Kier alpha value is -1.06. The van der Waals surface area contributed by atoms with Crippen LogP contribution in [0.25, 0.3) is 0 Å². The zero-order valence-electron chi connectivity index (χ0n) is 13.5. The van der Waals surface area contributed by atoms with Gasteiger partial charge in [0.1, 0.15) is 5.75 Å². The lowest BCUT2D eigenvalue weighted by atomic mass is 9.91. The lowest BCUT2D eigenvalue weighted by Crippen LogP contribution is -2.45. The van der Waals surface area contributed by atoms with Gasteiger partial charge in [0.15, 0.2) is 0 Å². The molecule has 2 unspecified atom stereocenters. The predicted molar refractivity (Wildman–Crippen MR) is 88.7 cm³/mol. The topological polar surface area (TPSA) is 35.5 Å². The Kier molecular flexibility index (Phi) is 6.52. The van der Waals surface area contributed by atoms with Crippen LogP contribution in [0.5, 0.6) is 5.75 Å². The maximum Gasteiger partial charge on any atom is 0.115 e. The highest BCUT2D eigenvalue weighted by atomic mass is 16.3. The van der Waals surface area contributed by atoms with Gasteiger partial charge in [-0.15, -0.1) is 0 Å². The second kappa shape index (κ2) is 8.40. The molecule has 2 atom stereocenters. The number of likely N-dealkylation sites (tertiary alicyclic amines) is 1. The van der Waals surface area contributed by atoms with Crippen LogP contribution >= 0.6 is 0 Å². The molecule has 1 aromatic carbocycles. The van der Waals surface area contributed by atoms with E-state index in [2.05, 4.69) is 24.1 Å². The molecule has 2 rings (SSSR count). The van der Waals surface area contributed by atoms with E-state index in [1.54, 1.807) is 12.1 Å². The summed E-state index contributed by atoms with van der Waals surface area (Å²) in [4.78, 5) is 2.62. The van der Waals surface area contributed by atoms with Crippen molar-refractivity contribution in [1.82, 2.24) is 10.2 Å². The van der Waals surface area contributed by atoms with E-state index in [0.29, 0.717) is 11.8 Å². The minimum Gasteiger partial charge on any atom is -0.508 e. The van der Waals surface area contributed by atoms with Crippen molar-refractivity contribution in [1.29, 1.82) is 0 Å². The molecule has 0 saturated carbocycles. The van der Waals surface area contributed by atoms with E-state index in [-0.39, 0.29) is 0 Å². The number of phenolic OH excluding ortho intramolecular Hbond substituents is 1. The highest BCUT2D eigenvalue weighted by Crippen LogP contribution is 2.20. The van der Waals surface area contributed by atoms with E-state index in [4.69, 9.17) is 0 Å². The van der Waals surface area contributed by atoms with Crippen molar-refractivity contribution in [3.63, 3.8) is 0 Å². The number of hydrogen-bond acceptors (Lipinski definition) is 3. The smallest absolute Gasteiger partial charge is 0.115 e. The van der Waals surface area contributed by atoms with Crippen molar-refractivity contribution in [2.24, 2.45) is 5.92 Å². The van der Waals surface area contributed by atoms with Crippen LogP contribution in [0, 0.1) is 5.92 Å². The summed E-state index contributed by atoms with van der Waals surface area (Å²) in [6, 6.07) is 8.13. The van der Waals surface area contributed by atoms with Crippen molar-refractivity contribution < 1.29 is 5.11 Å². The lowest BCUT2D eigenvalue weighted by molar-refractivity contribution is 0.151. The average molecular weight is 290 g/mol. The Morgan fingerprint density at radius 3 is 2.81 bits per heavy atom. The Bertz CT molecular complexity index is 402. The summed E-state index contributed by atoms with van der Waals surface area (Å²) in [7, 11) is 0. The maximum absolute atomic E-state index is 9.29. The lowest BCUT2D eigenvalue weighted by Gasteiger charge is -2.36. The Balaban J connectivity index is 1.71. The van der Waals surface area contributed by atoms with Gasteiger partial charge in [0.05, 0.1) is 0 Å². The van der Waals surface area contributed by atoms with Crippen molar-refractivity contribution >= 4 is 0 Å². The summed E-state index contributed by atoms with van der Waals surface area (Å²) in [6.07, 6.45) is 4.98. The molecule has 2 N–H and O–H groups in total. The third-order valence-electron chi connectivity index (χ3n) is 4.61. The van der Waals surface area contributed by atoms with Gasteiger partial charge < -0.3 is 15.3 Å². The average Bonchev–Trinajstić information content (AvgIpc) is 2.50. The predicted octanol–water partition coefficient (Wildman–Crippen LogP) is 3.03. The molecule has 1 aliphatic rings. The van der Waals surface area contributed by atoms with Crippen molar-refractivity contribution in [2.45, 2.75) is 45.6 Å². The zero-order valence-corrected chi connectivity index (χ0v) is 13.5. The molecule has 118 valence electrons. The van der Waals surface area contributed by atoms with Crippen LogP contribution in [-0.4, -0.2) is 42.2 Å². The molecule has 0 aromatic heterocycles. The van der Waals surface area contributed by atoms with Crippen LogP contribution < -0.4 is 5.32 Å².